The van der Waals surface area contributed by atoms with Gasteiger partial charge in [-0.25, -0.2) is 0 Å². The summed E-state index contributed by atoms with van der Waals surface area (Å²) in [6.07, 6.45) is 3.72. The van der Waals surface area contributed by atoms with Gasteiger partial charge in [0.25, 0.3) is 0 Å². The molecule has 54 valence electrons. The fourth-order valence-electron chi connectivity index (χ4n) is 0.939. The molecule has 0 N–H and O–H groups in total. The Morgan fingerprint density at radius 3 is 3.11 bits per heavy atom. The Balaban J connectivity index is 2.08. The van der Waals surface area contributed by atoms with Crippen molar-refractivity contribution in [3.05, 3.63) is 0 Å². The maximum atomic E-state index is 5.48. The van der Waals surface area contributed by atoms with Gasteiger partial charge in [0.05, 0.1) is 0 Å². The standard InChI is InChI=1S/C7H14OS/c1-2-4-7-8-5-3-6-9-7/h7H,2-6H2,1H3. The molecule has 1 rings (SSSR count). The number of ether oxygens (including phenoxy) is 1. The van der Waals surface area contributed by atoms with Crippen molar-refractivity contribution in [2.24, 2.45) is 0 Å². The summed E-state index contributed by atoms with van der Waals surface area (Å²) in [6, 6.07) is 0. The van der Waals surface area contributed by atoms with Crippen LogP contribution in [0.2, 0.25) is 0 Å². The van der Waals surface area contributed by atoms with E-state index >= 15 is 0 Å². The minimum absolute atomic E-state index is 0.517. The van der Waals surface area contributed by atoms with Gasteiger partial charge in [-0.1, -0.05) is 13.3 Å². The quantitative estimate of drug-likeness (QED) is 0.591. The van der Waals surface area contributed by atoms with Gasteiger partial charge in [-0.15, -0.1) is 11.8 Å². The molecule has 9 heavy (non-hydrogen) atoms. The topological polar surface area (TPSA) is 9.23 Å². The molecule has 0 aliphatic carbocycles. The van der Waals surface area contributed by atoms with Crippen molar-refractivity contribution in [1.82, 2.24) is 0 Å². The highest BCUT2D eigenvalue weighted by molar-refractivity contribution is 7.99. The summed E-state index contributed by atoms with van der Waals surface area (Å²) in [6.45, 7) is 3.19. The number of hydrogen-bond donors (Lipinski definition) is 0. The second-order valence-electron chi connectivity index (χ2n) is 2.31. The smallest absolute Gasteiger partial charge is 0.103 e. The highest BCUT2D eigenvalue weighted by Crippen LogP contribution is 2.22. The van der Waals surface area contributed by atoms with Crippen LogP contribution in [0.15, 0.2) is 0 Å². The minimum Gasteiger partial charge on any atom is -0.368 e. The molecule has 0 bridgehead atoms. The highest BCUT2D eigenvalue weighted by atomic mass is 32.2. The molecule has 1 heterocycles. The first-order valence-corrected chi connectivity index (χ1v) is 4.71. The number of thioether (sulfide) groups is 1. The van der Waals surface area contributed by atoms with Crippen LogP contribution in [0.25, 0.3) is 0 Å². The minimum atomic E-state index is 0.517. The van der Waals surface area contributed by atoms with E-state index < -0.39 is 0 Å². The molecule has 0 aromatic heterocycles. The fourth-order valence-corrected chi connectivity index (χ4v) is 2.08. The zero-order valence-corrected chi connectivity index (χ0v) is 6.75. The van der Waals surface area contributed by atoms with E-state index in [0.717, 1.165) is 6.61 Å². The lowest BCUT2D eigenvalue weighted by Crippen LogP contribution is -2.15. The van der Waals surface area contributed by atoms with Gasteiger partial charge in [-0.2, -0.15) is 0 Å². The van der Waals surface area contributed by atoms with Crippen molar-refractivity contribution in [2.45, 2.75) is 31.6 Å². The van der Waals surface area contributed by atoms with E-state index in [0.29, 0.717) is 5.44 Å². The monoisotopic (exact) mass is 146 g/mol. The molecule has 1 aliphatic heterocycles. The first kappa shape index (κ1) is 7.42. The lowest BCUT2D eigenvalue weighted by Gasteiger charge is -2.21. The van der Waals surface area contributed by atoms with E-state index in [1.807, 2.05) is 11.8 Å². The van der Waals surface area contributed by atoms with Crippen molar-refractivity contribution in [2.75, 3.05) is 12.4 Å². The molecular weight excluding hydrogens is 132 g/mol. The van der Waals surface area contributed by atoms with Gasteiger partial charge in [0.15, 0.2) is 0 Å². The Morgan fingerprint density at radius 1 is 1.67 bits per heavy atom. The molecule has 0 aromatic rings. The van der Waals surface area contributed by atoms with E-state index in [9.17, 15) is 0 Å². The predicted octanol–water partition coefficient (Wildman–Crippen LogP) is 2.27. The average Bonchev–Trinajstić information content (AvgIpc) is 1.91. The van der Waals surface area contributed by atoms with Crippen LogP contribution in [0.5, 0.6) is 0 Å². The lowest BCUT2D eigenvalue weighted by atomic mass is 10.3. The Kier molecular flexibility index (Phi) is 3.44. The van der Waals surface area contributed by atoms with Crippen molar-refractivity contribution in [3.63, 3.8) is 0 Å². The second-order valence-corrected chi connectivity index (χ2v) is 3.58. The lowest BCUT2D eigenvalue weighted by molar-refractivity contribution is 0.1000. The first-order valence-electron chi connectivity index (χ1n) is 3.66. The van der Waals surface area contributed by atoms with Crippen molar-refractivity contribution >= 4 is 11.8 Å². The Morgan fingerprint density at radius 2 is 2.56 bits per heavy atom. The average molecular weight is 146 g/mol. The molecule has 0 radical (unpaired) electrons. The summed E-state index contributed by atoms with van der Waals surface area (Å²) in [5, 5.41) is 0. The van der Waals surface area contributed by atoms with Crippen molar-refractivity contribution in [1.29, 1.82) is 0 Å². The van der Waals surface area contributed by atoms with Gasteiger partial charge in [0.2, 0.25) is 0 Å². The van der Waals surface area contributed by atoms with E-state index in [-0.39, 0.29) is 0 Å². The maximum absolute atomic E-state index is 5.48. The summed E-state index contributed by atoms with van der Waals surface area (Å²) in [4.78, 5) is 0. The second kappa shape index (κ2) is 4.18. The van der Waals surface area contributed by atoms with E-state index in [4.69, 9.17) is 4.74 Å². The van der Waals surface area contributed by atoms with Crippen LogP contribution < -0.4 is 0 Å². The zero-order valence-electron chi connectivity index (χ0n) is 5.93. The number of hydrogen-bond acceptors (Lipinski definition) is 2. The van der Waals surface area contributed by atoms with Gasteiger partial charge in [0.1, 0.15) is 5.44 Å². The van der Waals surface area contributed by atoms with Gasteiger partial charge in [0, 0.05) is 6.61 Å². The van der Waals surface area contributed by atoms with Crippen molar-refractivity contribution in [3.8, 4) is 0 Å². The molecule has 0 saturated carbocycles. The summed E-state index contributed by atoms with van der Waals surface area (Å²) in [5.41, 5.74) is 0.517. The first-order chi connectivity index (χ1) is 4.43. The largest absolute Gasteiger partial charge is 0.368 e. The normalized spacial score (nSPS) is 28.3. The molecule has 1 fully saturated rings. The van der Waals surface area contributed by atoms with E-state index in [1.54, 1.807) is 0 Å². The Labute approximate surface area is 61.2 Å². The summed E-state index contributed by atoms with van der Waals surface area (Å²) < 4.78 is 5.48. The molecule has 1 atom stereocenters. The molecular formula is C7H14OS. The third-order valence-corrected chi connectivity index (χ3v) is 2.69. The van der Waals surface area contributed by atoms with Crippen LogP contribution in [-0.2, 0) is 4.74 Å². The van der Waals surface area contributed by atoms with Gasteiger partial charge < -0.3 is 4.74 Å². The zero-order chi connectivity index (χ0) is 6.53. The highest BCUT2D eigenvalue weighted by Gasteiger charge is 2.11. The molecule has 0 spiro atoms. The third-order valence-electron chi connectivity index (χ3n) is 1.42. The predicted molar refractivity (Wildman–Crippen MR) is 41.7 cm³/mol. The van der Waals surface area contributed by atoms with Gasteiger partial charge >= 0.3 is 0 Å². The summed E-state index contributed by atoms with van der Waals surface area (Å²) in [5.74, 6) is 1.30. The SMILES string of the molecule is CCCC1OCCCS1. The summed E-state index contributed by atoms with van der Waals surface area (Å²) in [7, 11) is 0. The van der Waals surface area contributed by atoms with Crippen LogP contribution in [0, 0.1) is 0 Å². The molecule has 1 aliphatic rings. The van der Waals surface area contributed by atoms with E-state index in [2.05, 4.69) is 6.92 Å². The number of rotatable bonds is 2. The van der Waals surface area contributed by atoms with Gasteiger partial charge in [-0.05, 0) is 18.6 Å². The Hall–Kier alpha value is 0.310. The third kappa shape index (κ3) is 2.59. The van der Waals surface area contributed by atoms with E-state index in [1.165, 1.54) is 25.0 Å². The van der Waals surface area contributed by atoms with Crippen LogP contribution in [0.3, 0.4) is 0 Å². The fraction of sp³-hybridized carbons (Fsp3) is 1.00. The van der Waals surface area contributed by atoms with Crippen molar-refractivity contribution < 1.29 is 4.74 Å². The van der Waals surface area contributed by atoms with Crippen LogP contribution in [0.1, 0.15) is 26.2 Å². The summed E-state index contributed by atoms with van der Waals surface area (Å²) >= 11 is 1.97. The molecule has 0 amide bonds. The van der Waals surface area contributed by atoms with Gasteiger partial charge in [-0.3, -0.25) is 0 Å². The Bertz CT molecular complexity index is 66.6. The molecule has 1 unspecified atom stereocenters. The maximum Gasteiger partial charge on any atom is 0.103 e. The molecule has 1 saturated heterocycles. The molecule has 1 nitrogen and oxygen atoms in total. The van der Waals surface area contributed by atoms with Crippen LogP contribution in [0.4, 0.5) is 0 Å². The van der Waals surface area contributed by atoms with Crippen LogP contribution >= 0.6 is 11.8 Å². The van der Waals surface area contributed by atoms with Crippen LogP contribution in [-0.4, -0.2) is 17.8 Å². The molecule has 0 aromatic carbocycles. The molecule has 2 heteroatoms.